The van der Waals surface area contributed by atoms with Gasteiger partial charge in [0.2, 0.25) is 0 Å². The number of aliphatic hydroxyl groups excluding tert-OH is 2. The maximum absolute atomic E-state index is 14.0. The van der Waals surface area contributed by atoms with Crippen molar-refractivity contribution >= 4 is 35.9 Å². The summed E-state index contributed by atoms with van der Waals surface area (Å²) in [6.45, 7) is 25.6. The fourth-order valence-electron chi connectivity index (χ4n) is 7.84. The smallest absolute Gasteiger partial charge is 0.335 e. The Labute approximate surface area is 417 Å². The molecule has 1 heterocycles. The van der Waals surface area contributed by atoms with Crippen LogP contribution in [0.4, 0.5) is 0 Å². The monoisotopic (exact) mass is 978 g/mol. The molecule has 1 aliphatic carbocycles. The van der Waals surface area contributed by atoms with Crippen LogP contribution in [-0.2, 0) is 33.4 Å². The number of rotatable bonds is 19. The van der Waals surface area contributed by atoms with E-state index in [9.17, 15) is 39.3 Å². The molecule has 14 nitrogen and oxygen atoms in total. The predicted octanol–water partition coefficient (Wildman–Crippen LogP) is 9.29. The molecule has 8 atom stereocenters. The topological polar surface area (TPSA) is 223 Å². The van der Waals surface area contributed by atoms with Gasteiger partial charge in [-0.05, 0) is 90.1 Å². The van der Waals surface area contributed by atoms with E-state index in [1.165, 1.54) is 21.0 Å². The molecule has 0 saturated carbocycles. The van der Waals surface area contributed by atoms with E-state index in [0.29, 0.717) is 54.6 Å². The minimum absolute atomic E-state index is 0.0300. The molecule has 1 fully saturated rings. The van der Waals surface area contributed by atoms with Crippen LogP contribution in [0.1, 0.15) is 147 Å². The van der Waals surface area contributed by atoms with Crippen molar-refractivity contribution < 1.29 is 63.4 Å². The second-order valence-corrected chi connectivity index (χ2v) is 18.1. The van der Waals surface area contributed by atoms with Crippen LogP contribution in [-0.4, -0.2) is 106 Å². The number of aryl methyl sites for hydroxylation is 1. The van der Waals surface area contributed by atoms with E-state index in [1.54, 1.807) is 62.4 Å². The number of nitrogens with one attached hydrogen (secondary N) is 1. The Bertz CT molecular complexity index is 2040. The molecule has 14 heteroatoms. The van der Waals surface area contributed by atoms with Crippen molar-refractivity contribution in [2.24, 2.45) is 16.7 Å². The number of aldehydes is 1. The number of carboxylic acid groups (broad SMARTS) is 1. The highest BCUT2D eigenvalue weighted by molar-refractivity contribution is 5.94. The maximum Gasteiger partial charge on any atom is 0.335 e. The summed E-state index contributed by atoms with van der Waals surface area (Å²) < 4.78 is 15.7. The van der Waals surface area contributed by atoms with E-state index in [2.05, 4.69) is 16.6 Å². The molecule has 5 N–H and O–H groups in total. The largest absolute Gasteiger partial charge is 0.478 e. The van der Waals surface area contributed by atoms with Crippen molar-refractivity contribution in [3.8, 4) is 0 Å². The van der Waals surface area contributed by atoms with Gasteiger partial charge in [-0.15, -0.1) is 0 Å². The minimum atomic E-state index is -1.45. The molecule has 0 bridgehead atoms. The summed E-state index contributed by atoms with van der Waals surface area (Å²) in [6.07, 6.45) is 8.48. The summed E-state index contributed by atoms with van der Waals surface area (Å²) in [7, 11) is 1.35. The summed E-state index contributed by atoms with van der Waals surface area (Å²) in [5.74, 6) is -2.31. The number of hydrogen-bond acceptors (Lipinski definition) is 12. The third-order valence-corrected chi connectivity index (χ3v) is 12.8. The van der Waals surface area contributed by atoms with Crippen molar-refractivity contribution in [1.29, 1.82) is 0 Å². The zero-order valence-electron chi connectivity index (χ0n) is 44.0. The predicted molar refractivity (Wildman–Crippen MR) is 274 cm³/mol. The van der Waals surface area contributed by atoms with Crippen LogP contribution < -0.4 is 5.32 Å². The number of Topliss-reactive ketones (excluding diaryl/α,β-unsaturated/α-hetero) is 1. The number of carbonyl (C=O) groups is 6. The molecule has 1 saturated heterocycles. The van der Waals surface area contributed by atoms with Gasteiger partial charge in [0.05, 0.1) is 48.9 Å². The maximum atomic E-state index is 14.0. The van der Waals surface area contributed by atoms with Crippen LogP contribution in [0.15, 0.2) is 103 Å². The van der Waals surface area contributed by atoms with Gasteiger partial charge in [-0.25, -0.2) is 4.79 Å². The van der Waals surface area contributed by atoms with Crippen molar-refractivity contribution in [2.45, 2.75) is 164 Å². The number of allylic oxidation sites excluding steroid dienone is 5. The van der Waals surface area contributed by atoms with E-state index in [1.807, 2.05) is 91.8 Å². The zero-order chi connectivity index (χ0) is 53.8. The molecule has 2 aromatic carbocycles. The van der Waals surface area contributed by atoms with Crippen LogP contribution >= 0.6 is 0 Å². The van der Waals surface area contributed by atoms with Crippen LogP contribution in [0.5, 0.6) is 0 Å². The molecule has 1 amide bonds. The first-order chi connectivity index (χ1) is 32.9. The average molecular weight is 978 g/mol. The van der Waals surface area contributed by atoms with Gasteiger partial charge in [0.15, 0.2) is 5.78 Å². The Kier molecular flexibility index (Phi) is 29.8. The number of aliphatic hydroxyl groups is 3. The van der Waals surface area contributed by atoms with Gasteiger partial charge in [0, 0.05) is 42.7 Å². The lowest BCUT2D eigenvalue weighted by Crippen LogP contribution is -2.53. The van der Waals surface area contributed by atoms with Gasteiger partial charge in [-0.1, -0.05) is 120 Å². The molecule has 0 spiro atoms. The summed E-state index contributed by atoms with van der Waals surface area (Å²) in [4.78, 5) is 69.3. The SMILES string of the molecule is C=C/C=C\C=C/CCC(CC(=O)O[C@H]1C[C@](C)(O)C(C)(C)C(CC(O)C(=O)[C@@](C)(CC2COC2C)[C@@H](O)CC)=C1C)NC(=O)c1ccc(C)cc1.CC.CC=O.COC(C)=O.O=C(O)c1ccccc1. The average Bonchev–Trinajstić information content (AvgIpc) is 3.32. The number of esters is 2. The fraction of sp³-hybridized carbons (Fsp3) is 0.536. The third kappa shape index (κ3) is 20.8. The highest BCUT2D eigenvalue weighted by Crippen LogP contribution is 2.50. The van der Waals surface area contributed by atoms with Crippen LogP contribution in [0.25, 0.3) is 0 Å². The summed E-state index contributed by atoms with van der Waals surface area (Å²) >= 11 is 0. The number of ketones is 1. The van der Waals surface area contributed by atoms with Crippen molar-refractivity contribution in [3.05, 3.63) is 119 Å². The lowest BCUT2D eigenvalue weighted by molar-refractivity contribution is -0.159. The molecule has 390 valence electrons. The summed E-state index contributed by atoms with van der Waals surface area (Å²) in [5.41, 5.74) is -0.246. The molecule has 0 radical (unpaired) electrons. The van der Waals surface area contributed by atoms with Crippen LogP contribution in [0.3, 0.4) is 0 Å². The Morgan fingerprint density at radius 3 is 2.00 bits per heavy atom. The molecule has 2 aromatic rings. The molecule has 4 unspecified atom stereocenters. The van der Waals surface area contributed by atoms with Crippen LogP contribution in [0.2, 0.25) is 0 Å². The summed E-state index contributed by atoms with van der Waals surface area (Å²) in [6, 6.07) is 15.0. The van der Waals surface area contributed by atoms with E-state index < -0.39 is 58.5 Å². The van der Waals surface area contributed by atoms with E-state index in [4.69, 9.17) is 19.4 Å². The molecule has 4 rings (SSSR count). The quantitative estimate of drug-likeness (QED) is 0.0384. The van der Waals surface area contributed by atoms with E-state index in [0.717, 1.165) is 11.8 Å². The minimum Gasteiger partial charge on any atom is -0.478 e. The molecular weight excluding hydrogens is 895 g/mol. The van der Waals surface area contributed by atoms with Gasteiger partial charge in [0.25, 0.3) is 5.91 Å². The molecule has 70 heavy (non-hydrogen) atoms. The summed E-state index contributed by atoms with van der Waals surface area (Å²) in [5, 5.41) is 45.6. The zero-order valence-corrected chi connectivity index (χ0v) is 44.0. The normalized spacial score (nSPS) is 21.0. The lowest BCUT2D eigenvalue weighted by Gasteiger charge is -2.49. The van der Waals surface area contributed by atoms with Crippen molar-refractivity contribution in [1.82, 2.24) is 5.32 Å². The first kappa shape index (κ1) is 64.5. The number of benzene rings is 2. The van der Waals surface area contributed by atoms with Gasteiger partial charge < -0.3 is 44.7 Å². The van der Waals surface area contributed by atoms with Crippen LogP contribution in [0, 0.1) is 23.7 Å². The molecular formula is C56H83NO13. The van der Waals surface area contributed by atoms with Gasteiger partial charge in [-0.3, -0.25) is 19.2 Å². The Balaban J connectivity index is 0.00000210. The lowest BCUT2D eigenvalue weighted by atomic mass is 9.60. The number of amides is 1. The number of carbonyl (C=O) groups excluding carboxylic acids is 5. The standard InChI is InChI=1S/C42H61NO8.C7H6O2.C3H6O2.C2H4O.C2H6/c1-10-12-13-14-15-16-17-32(43-39(48)30-20-18-27(3)19-21-30)22-37(46)51-35-25-42(9,49)40(6,7)33(28(35)4)23-34(44)38(47)41(8,36(45)11-2)24-31-26-50-29(31)5;8-7(9)6-4-2-1-3-5-6;1-3(4)5-2;1-2-3;1-2/h10,12-15,18-21,29,31-32,34-36,44-45,49H,1,11,16-17,22-26H2,2-9H3,(H,43,48);1-5H,(H,8,9);1-2H3;2H,1H3;1-2H3/b13-12-,15-14-;;;;/t29?,31?,32?,34?,35-,36-,41-,42-;;;;/m0..../s1. The first-order valence-electron chi connectivity index (χ1n) is 24.1. The van der Waals surface area contributed by atoms with Gasteiger partial charge >= 0.3 is 17.9 Å². The Morgan fingerprint density at radius 1 is 0.971 bits per heavy atom. The number of hydrogen-bond donors (Lipinski definition) is 5. The number of aromatic carboxylic acids is 1. The van der Waals surface area contributed by atoms with Crippen molar-refractivity contribution in [3.63, 3.8) is 0 Å². The first-order valence-corrected chi connectivity index (χ1v) is 24.1. The van der Waals surface area contributed by atoms with E-state index >= 15 is 0 Å². The third-order valence-electron chi connectivity index (χ3n) is 12.8. The van der Waals surface area contributed by atoms with E-state index in [-0.39, 0.29) is 43.2 Å². The van der Waals surface area contributed by atoms with Gasteiger partial charge in [-0.2, -0.15) is 0 Å². The van der Waals surface area contributed by atoms with Gasteiger partial charge in [0.1, 0.15) is 18.5 Å². The molecule has 2 aliphatic rings. The highest BCUT2D eigenvalue weighted by Gasteiger charge is 2.52. The second-order valence-electron chi connectivity index (χ2n) is 18.1. The number of methoxy groups -OCH3 is 1. The Morgan fingerprint density at radius 2 is 1.54 bits per heavy atom. The number of ether oxygens (including phenoxy) is 3. The number of carboxylic acids is 1. The second kappa shape index (κ2) is 32.4. The molecule has 1 aliphatic heterocycles. The highest BCUT2D eigenvalue weighted by atomic mass is 16.5. The molecule has 0 aromatic heterocycles. The fourth-order valence-corrected chi connectivity index (χ4v) is 7.84. The Hall–Kier alpha value is -5.54. The van der Waals surface area contributed by atoms with Crippen molar-refractivity contribution in [2.75, 3.05) is 13.7 Å².